The number of alkyl halides is 3. The van der Waals surface area contributed by atoms with Gasteiger partial charge in [0.1, 0.15) is 0 Å². The average Bonchev–Trinajstić information content (AvgIpc) is 2.61. The molecule has 2 rings (SSSR count). The van der Waals surface area contributed by atoms with E-state index < -0.39 is 17.6 Å². The number of nitrogens with one attached hydrogen (secondary N) is 3. The first-order valence-corrected chi connectivity index (χ1v) is 8.30. The highest BCUT2D eigenvalue weighted by Gasteiger charge is 2.29. The second-order valence-electron chi connectivity index (χ2n) is 5.87. The number of hydrogen-bond acceptors (Lipinski definition) is 3. The lowest BCUT2D eigenvalue weighted by Gasteiger charge is -2.12. The van der Waals surface area contributed by atoms with Crippen LogP contribution in [0.15, 0.2) is 42.5 Å². The summed E-state index contributed by atoms with van der Waals surface area (Å²) in [7, 11) is 0. The lowest BCUT2D eigenvalue weighted by atomic mass is 10.1. The summed E-state index contributed by atoms with van der Waals surface area (Å²) < 4.78 is 37.6. The maximum absolute atomic E-state index is 12.5. The molecule has 0 saturated carbocycles. The molecule has 0 aliphatic heterocycles. The molecular formula is C19H20F3N3O2. The van der Waals surface area contributed by atoms with Crippen molar-refractivity contribution in [1.29, 1.82) is 0 Å². The SMILES string of the molecule is CCNC(=O)c1ccc(C)c(NCC(=O)Nc2ccc(C(F)(F)F)cc2)c1. The predicted octanol–water partition coefficient (Wildman–Crippen LogP) is 3.81. The van der Waals surface area contributed by atoms with Gasteiger partial charge in [0.2, 0.25) is 5.91 Å². The molecule has 27 heavy (non-hydrogen) atoms. The van der Waals surface area contributed by atoms with Crippen LogP contribution in [0.4, 0.5) is 24.5 Å². The van der Waals surface area contributed by atoms with Crippen LogP contribution in [0, 0.1) is 6.92 Å². The predicted molar refractivity (Wildman–Crippen MR) is 97.7 cm³/mol. The van der Waals surface area contributed by atoms with Crippen molar-refractivity contribution in [2.75, 3.05) is 23.7 Å². The Morgan fingerprint density at radius 3 is 2.30 bits per heavy atom. The first-order valence-electron chi connectivity index (χ1n) is 8.30. The van der Waals surface area contributed by atoms with Gasteiger partial charge in [0, 0.05) is 23.5 Å². The average molecular weight is 379 g/mol. The molecule has 0 heterocycles. The van der Waals surface area contributed by atoms with Gasteiger partial charge in [-0.15, -0.1) is 0 Å². The minimum Gasteiger partial charge on any atom is -0.376 e. The van der Waals surface area contributed by atoms with Crippen molar-refractivity contribution < 1.29 is 22.8 Å². The number of amides is 2. The highest BCUT2D eigenvalue weighted by Crippen LogP contribution is 2.29. The molecule has 0 spiro atoms. The minimum absolute atomic E-state index is 0.0965. The Kier molecular flexibility index (Phi) is 6.44. The van der Waals surface area contributed by atoms with Gasteiger partial charge in [0.25, 0.3) is 5.91 Å². The molecule has 8 heteroatoms. The van der Waals surface area contributed by atoms with Crippen LogP contribution in [0.3, 0.4) is 0 Å². The summed E-state index contributed by atoms with van der Waals surface area (Å²) in [6, 6.07) is 9.30. The maximum Gasteiger partial charge on any atom is 0.416 e. The number of benzene rings is 2. The number of rotatable bonds is 6. The summed E-state index contributed by atoms with van der Waals surface area (Å²) in [5.41, 5.74) is 1.43. The highest BCUT2D eigenvalue weighted by molar-refractivity contribution is 5.96. The van der Waals surface area contributed by atoms with E-state index in [0.29, 0.717) is 17.8 Å². The Labute approximate surface area is 155 Å². The molecule has 0 bridgehead atoms. The van der Waals surface area contributed by atoms with Crippen LogP contribution < -0.4 is 16.0 Å². The van der Waals surface area contributed by atoms with Gasteiger partial charge in [-0.1, -0.05) is 6.07 Å². The fraction of sp³-hybridized carbons (Fsp3) is 0.263. The lowest BCUT2D eigenvalue weighted by Crippen LogP contribution is -2.24. The van der Waals surface area contributed by atoms with Gasteiger partial charge in [0.15, 0.2) is 0 Å². The molecule has 0 atom stereocenters. The molecule has 2 aromatic rings. The maximum atomic E-state index is 12.5. The molecule has 0 aromatic heterocycles. The monoisotopic (exact) mass is 379 g/mol. The van der Waals surface area contributed by atoms with E-state index in [2.05, 4.69) is 16.0 Å². The molecule has 5 nitrogen and oxygen atoms in total. The van der Waals surface area contributed by atoms with Crippen molar-refractivity contribution >= 4 is 23.2 Å². The van der Waals surface area contributed by atoms with Crippen molar-refractivity contribution in [2.24, 2.45) is 0 Å². The van der Waals surface area contributed by atoms with Crippen molar-refractivity contribution in [2.45, 2.75) is 20.0 Å². The third kappa shape index (κ3) is 5.73. The summed E-state index contributed by atoms with van der Waals surface area (Å²) in [5, 5.41) is 8.15. The summed E-state index contributed by atoms with van der Waals surface area (Å²) in [5.74, 6) is -0.632. The summed E-state index contributed by atoms with van der Waals surface area (Å²) in [6.45, 7) is 4.06. The Balaban J connectivity index is 1.97. The van der Waals surface area contributed by atoms with E-state index in [1.54, 1.807) is 18.2 Å². The summed E-state index contributed by atoms with van der Waals surface area (Å²) in [4.78, 5) is 23.9. The second kappa shape index (κ2) is 8.57. The number of anilines is 2. The van der Waals surface area contributed by atoms with Crippen molar-refractivity contribution in [1.82, 2.24) is 5.32 Å². The zero-order valence-corrected chi connectivity index (χ0v) is 14.9. The summed E-state index contributed by atoms with van der Waals surface area (Å²) in [6.07, 6.45) is -4.42. The molecule has 0 unspecified atom stereocenters. The fourth-order valence-electron chi connectivity index (χ4n) is 2.34. The molecule has 3 N–H and O–H groups in total. The van der Waals surface area contributed by atoms with Gasteiger partial charge in [-0.3, -0.25) is 9.59 Å². The number of carbonyl (C=O) groups excluding carboxylic acids is 2. The van der Waals surface area contributed by atoms with Crippen LogP contribution in [0.2, 0.25) is 0 Å². The first-order chi connectivity index (χ1) is 12.7. The second-order valence-corrected chi connectivity index (χ2v) is 5.87. The molecule has 0 radical (unpaired) electrons. The number of hydrogen-bond donors (Lipinski definition) is 3. The number of aryl methyl sites for hydroxylation is 1. The Morgan fingerprint density at radius 2 is 1.70 bits per heavy atom. The van der Waals surface area contributed by atoms with Gasteiger partial charge in [-0.2, -0.15) is 13.2 Å². The minimum atomic E-state index is -4.42. The first kappa shape index (κ1) is 20.3. The molecular weight excluding hydrogens is 359 g/mol. The molecule has 2 amide bonds. The smallest absolute Gasteiger partial charge is 0.376 e. The van der Waals surface area contributed by atoms with Crippen molar-refractivity contribution in [3.63, 3.8) is 0 Å². The standard InChI is InChI=1S/C19H20F3N3O2/c1-3-23-18(27)13-5-4-12(2)16(10-13)24-11-17(26)25-15-8-6-14(7-9-15)19(20,21)22/h4-10,24H,3,11H2,1-2H3,(H,23,27)(H,25,26). The van der Waals surface area contributed by atoms with Crippen molar-refractivity contribution in [3.8, 4) is 0 Å². The Bertz CT molecular complexity index is 818. The normalized spacial score (nSPS) is 11.0. The topological polar surface area (TPSA) is 70.2 Å². The van der Waals surface area contributed by atoms with E-state index in [1.807, 2.05) is 13.8 Å². The van der Waals surface area contributed by atoms with E-state index in [9.17, 15) is 22.8 Å². The van der Waals surface area contributed by atoms with Crippen LogP contribution in [-0.2, 0) is 11.0 Å². The summed E-state index contributed by atoms with van der Waals surface area (Å²) >= 11 is 0. The highest BCUT2D eigenvalue weighted by atomic mass is 19.4. The van der Waals surface area contributed by atoms with Gasteiger partial charge in [0.05, 0.1) is 12.1 Å². The van der Waals surface area contributed by atoms with Crippen LogP contribution in [0.25, 0.3) is 0 Å². The lowest BCUT2D eigenvalue weighted by molar-refractivity contribution is -0.137. The van der Waals surface area contributed by atoms with E-state index in [1.165, 1.54) is 12.1 Å². The zero-order valence-electron chi connectivity index (χ0n) is 14.9. The van der Waals surface area contributed by atoms with E-state index in [4.69, 9.17) is 0 Å². The third-order valence-electron chi connectivity index (χ3n) is 3.77. The van der Waals surface area contributed by atoms with Crippen LogP contribution in [0.5, 0.6) is 0 Å². The van der Waals surface area contributed by atoms with Gasteiger partial charge >= 0.3 is 6.18 Å². The largest absolute Gasteiger partial charge is 0.416 e. The van der Waals surface area contributed by atoms with Crippen LogP contribution >= 0.6 is 0 Å². The fourth-order valence-corrected chi connectivity index (χ4v) is 2.34. The quantitative estimate of drug-likeness (QED) is 0.715. The third-order valence-corrected chi connectivity index (χ3v) is 3.77. The number of halogens is 3. The van der Waals surface area contributed by atoms with E-state index in [0.717, 1.165) is 17.7 Å². The van der Waals surface area contributed by atoms with Gasteiger partial charge in [-0.25, -0.2) is 0 Å². The van der Waals surface area contributed by atoms with E-state index >= 15 is 0 Å². The van der Waals surface area contributed by atoms with Crippen LogP contribution in [-0.4, -0.2) is 24.9 Å². The molecule has 0 fully saturated rings. The molecule has 2 aromatic carbocycles. The Morgan fingerprint density at radius 1 is 1.04 bits per heavy atom. The van der Waals surface area contributed by atoms with Crippen LogP contribution in [0.1, 0.15) is 28.4 Å². The van der Waals surface area contributed by atoms with E-state index in [-0.39, 0.29) is 18.1 Å². The number of carbonyl (C=O) groups is 2. The molecule has 144 valence electrons. The van der Waals surface area contributed by atoms with Crippen molar-refractivity contribution in [3.05, 3.63) is 59.2 Å². The Hall–Kier alpha value is -3.03. The molecule has 0 aliphatic rings. The zero-order chi connectivity index (χ0) is 20.0. The molecule has 0 aliphatic carbocycles. The van der Waals surface area contributed by atoms with Gasteiger partial charge in [-0.05, 0) is 55.8 Å². The molecule has 0 saturated heterocycles. The van der Waals surface area contributed by atoms with Gasteiger partial charge < -0.3 is 16.0 Å².